The molecule has 36 heavy (non-hydrogen) atoms. The van der Waals surface area contributed by atoms with Crippen LogP contribution in [0, 0.1) is 0 Å². The lowest BCUT2D eigenvalue weighted by molar-refractivity contribution is -0.136. The third-order valence-corrected chi connectivity index (χ3v) is 5.83. The van der Waals surface area contributed by atoms with Crippen molar-refractivity contribution in [1.29, 1.82) is 0 Å². The Labute approximate surface area is 210 Å². The predicted molar refractivity (Wildman–Crippen MR) is 139 cm³/mol. The van der Waals surface area contributed by atoms with Gasteiger partial charge in [0.1, 0.15) is 5.52 Å². The molecule has 2 aromatic heterocycles. The molecule has 4 N–H and O–H groups in total. The standard InChI is InChI=1S/C25H37N7O4/c1-4-5-14-36-24-28-22(26)21-23(29-24)32(25(35)27-21)11-7-10-31(13-12-30(2)3)17-19-9-6-8-18(15-19)16-20(33)34/h6,8-9,15H,4-5,7,10-14,16-17H2,1-3H3,(H,27,35)(H,33,34)(H2,26,28,29). The summed E-state index contributed by atoms with van der Waals surface area (Å²) in [6.45, 7) is 6.17. The summed E-state index contributed by atoms with van der Waals surface area (Å²) < 4.78 is 7.20. The molecule has 1 aromatic carbocycles. The highest BCUT2D eigenvalue weighted by atomic mass is 16.5. The second-order valence-electron chi connectivity index (χ2n) is 9.20. The van der Waals surface area contributed by atoms with E-state index >= 15 is 0 Å². The van der Waals surface area contributed by atoms with Crippen molar-refractivity contribution in [3.8, 4) is 6.01 Å². The first-order valence-corrected chi connectivity index (χ1v) is 12.3. The molecule has 0 amide bonds. The molecule has 0 saturated heterocycles. The third kappa shape index (κ3) is 7.79. The van der Waals surface area contributed by atoms with Gasteiger partial charge < -0.3 is 25.5 Å². The van der Waals surface area contributed by atoms with Crippen LogP contribution in [0.2, 0.25) is 0 Å². The smallest absolute Gasteiger partial charge is 0.327 e. The fourth-order valence-electron chi connectivity index (χ4n) is 3.95. The second kappa shape index (κ2) is 13.0. The van der Waals surface area contributed by atoms with E-state index in [-0.39, 0.29) is 23.9 Å². The van der Waals surface area contributed by atoms with Crippen molar-refractivity contribution in [3.05, 3.63) is 45.9 Å². The molecule has 0 aliphatic carbocycles. The first-order valence-electron chi connectivity index (χ1n) is 12.3. The van der Waals surface area contributed by atoms with E-state index in [1.807, 2.05) is 38.4 Å². The monoisotopic (exact) mass is 499 g/mol. The number of hydrogen-bond donors (Lipinski definition) is 3. The summed E-state index contributed by atoms with van der Waals surface area (Å²) >= 11 is 0. The molecule has 0 fully saturated rings. The lowest BCUT2D eigenvalue weighted by Gasteiger charge is -2.24. The van der Waals surface area contributed by atoms with Gasteiger partial charge in [0.25, 0.3) is 0 Å². The maximum Gasteiger partial charge on any atom is 0.327 e. The zero-order valence-electron chi connectivity index (χ0n) is 21.4. The number of hydrogen-bond acceptors (Lipinski definition) is 8. The largest absolute Gasteiger partial charge is 0.481 e. The Kier molecular flexibility index (Phi) is 9.83. The Hall–Kier alpha value is -3.44. The van der Waals surface area contributed by atoms with E-state index in [4.69, 9.17) is 15.6 Å². The summed E-state index contributed by atoms with van der Waals surface area (Å²) in [5.41, 5.74) is 8.48. The molecule has 0 unspecified atom stereocenters. The van der Waals surface area contributed by atoms with Crippen molar-refractivity contribution in [2.24, 2.45) is 0 Å². The number of nitrogens with zero attached hydrogens (tertiary/aromatic N) is 5. The Bertz CT molecular complexity index is 1200. The quantitative estimate of drug-likeness (QED) is 0.267. The van der Waals surface area contributed by atoms with Crippen molar-refractivity contribution in [2.75, 3.05) is 46.1 Å². The van der Waals surface area contributed by atoms with Crippen LogP contribution >= 0.6 is 0 Å². The molecule has 11 heteroatoms. The minimum atomic E-state index is -0.843. The summed E-state index contributed by atoms with van der Waals surface area (Å²) in [6.07, 6.45) is 2.58. The minimum Gasteiger partial charge on any atom is -0.481 e. The highest BCUT2D eigenvalue weighted by molar-refractivity contribution is 5.81. The SMILES string of the molecule is CCCCOc1nc(N)c2[nH]c(=O)n(CCCN(CCN(C)C)Cc3cccc(CC(=O)O)c3)c2n1. The number of likely N-dealkylation sites (N-methyl/N-ethyl adjacent to an activating group) is 1. The number of anilines is 1. The number of carbonyl (C=O) groups is 1. The van der Waals surface area contributed by atoms with Gasteiger partial charge in [-0.3, -0.25) is 14.3 Å². The van der Waals surface area contributed by atoms with Gasteiger partial charge in [-0.15, -0.1) is 0 Å². The summed E-state index contributed by atoms with van der Waals surface area (Å²) in [6, 6.07) is 7.86. The number of aromatic nitrogens is 4. The van der Waals surface area contributed by atoms with Crippen LogP contribution in [0.25, 0.3) is 11.2 Å². The number of aryl methyl sites for hydroxylation is 1. The van der Waals surface area contributed by atoms with Crippen LogP contribution < -0.4 is 16.2 Å². The summed E-state index contributed by atoms with van der Waals surface area (Å²) in [5, 5.41) is 9.11. The number of rotatable bonds is 15. The average Bonchev–Trinajstić information content (AvgIpc) is 3.13. The zero-order chi connectivity index (χ0) is 26.1. The number of nitrogen functional groups attached to an aromatic ring is 1. The molecule has 0 atom stereocenters. The first kappa shape index (κ1) is 27.2. The normalized spacial score (nSPS) is 11.6. The lowest BCUT2D eigenvalue weighted by atomic mass is 10.1. The molecule has 0 aliphatic rings. The number of carboxylic acids is 1. The molecule has 0 aliphatic heterocycles. The molecule has 11 nitrogen and oxygen atoms in total. The molecule has 0 saturated carbocycles. The van der Waals surface area contributed by atoms with Crippen LogP contribution in [0.5, 0.6) is 6.01 Å². The number of fused-ring (bicyclic) bond motifs is 1. The van der Waals surface area contributed by atoms with Crippen LogP contribution in [0.3, 0.4) is 0 Å². The zero-order valence-corrected chi connectivity index (χ0v) is 21.4. The average molecular weight is 500 g/mol. The van der Waals surface area contributed by atoms with E-state index < -0.39 is 5.97 Å². The van der Waals surface area contributed by atoms with Crippen LogP contribution in [0.4, 0.5) is 5.82 Å². The maximum atomic E-state index is 12.6. The summed E-state index contributed by atoms with van der Waals surface area (Å²) in [7, 11) is 4.06. The maximum absolute atomic E-state index is 12.6. The van der Waals surface area contributed by atoms with Crippen molar-refractivity contribution in [1.82, 2.24) is 29.3 Å². The molecule has 3 rings (SSSR count). The Morgan fingerprint density at radius 1 is 1.17 bits per heavy atom. The number of nitrogens with two attached hydrogens (primary N) is 1. The van der Waals surface area contributed by atoms with Gasteiger partial charge in [0, 0.05) is 32.7 Å². The highest BCUT2D eigenvalue weighted by Gasteiger charge is 2.15. The van der Waals surface area contributed by atoms with Gasteiger partial charge in [-0.05, 0) is 38.1 Å². The van der Waals surface area contributed by atoms with Crippen molar-refractivity contribution < 1.29 is 14.6 Å². The topological polar surface area (TPSA) is 143 Å². The van der Waals surface area contributed by atoms with Gasteiger partial charge in [-0.25, -0.2) is 4.79 Å². The Balaban J connectivity index is 1.71. The number of nitrogens with one attached hydrogen (secondary N) is 1. The van der Waals surface area contributed by atoms with Gasteiger partial charge in [-0.1, -0.05) is 37.6 Å². The van der Waals surface area contributed by atoms with E-state index in [1.165, 1.54) is 0 Å². The Morgan fingerprint density at radius 3 is 2.67 bits per heavy atom. The van der Waals surface area contributed by atoms with Gasteiger partial charge in [0.2, 0.25) is 0 Å². The van der Waals surface area contributed by atoms with Gasteiger partial charge in [-0.2, -0.15) is 9.97 Å². The number of unbranched alkanes of at least 4 members (excludes halogenated alkanes) is 1. The minimum absolute atomic E-state index is 0.00412. The van der Waals surface area contributed by atoms with Crippen LogP contribution in [0.15, 0.2) is 29.1 Å². The van der Waals surface area contributed by atoms with Crippen molar-refractivity contribution in [2.45, 2.75) is 45.7 Å². The number of benzene rings is 1. The molecule has 0 radical (unpaired) electrons. The van der Waals surface area contributed by atoms with Crippen molar-refractivity contribution in [3.63, 3.8) is 0 Å². The summed E-state index contributed by atoms with van der Waals surface area (Å²) in [5.74, 6) is -0.652. The van der Waals surface area contributed by atoms with E-state index in [0.717, 1.165) is 43.6 Å². The molecule has 0 bridgehead atoms. The number of aliphatic carboxylic acids is 1. The molecule has 2 heterocycles. The lowest BCUT2D eigenvalue weighted by Crippen LogP contribution is -2.33. The number of aromatic amines is 1. The fraction of sp³-hybridized carbons (Fsp3) is 0.520. The number of imidazole rings is 1. The highest BCUT2D eigenvalue weighted by Crippen LogP contribution is 2.18. The molecule has 196 valence electrons. The number of carboxylic acid groups (broad SMARTS) is 1. The van der Waals surface area contributed by atoms with Crippen LogP contribution in [-0.4, -0.2) is 80.7 Å². The van der Waals surface area contributed by atoms with Gasteiger partial charge >= 0.3 is 17.7 Å². The van der Waals surface area contributed by atoms with Crippen LogP contribution in [-0.2, 0) is 24.3 Å². The predicted octanol–water partition coefficient (Wildman–Crippen LogP) is 1.96. The van der Waals surface area contributed by atoms with Crippen LogP contribution in [0.1, 0.15) is 37.3 Å². The van der Waals surface area contributed by atoms with Gasteiger partial charge in [0.05, 0.1) is 13.0 Å². The summed E-state index contributed by atoms with van der Waals surface area (Å²) in [4.78, 5) is 39.5. The van der Waals surface area contributed by atoms with E-state index in [0.29, 0.717) is 37.3 Å². The van der Waals surface area contributed by atoms with E-state index in [2.05, 4.69) is 31.7 Å². The first-order chi connectivity index (χ1) is 17.3. The van der Waals surface area contributed by atoms with E-state index in [9.17, 15) is 9.59 Å². The molecule has 3 aromatic rings. The van der Waals surface area contributed by atoms with Crippen molar-refractivity contribution >= 4 is 23.0 Å². The molecule has 0 spiro atoms. The number of H-pyrrole nitrogens is 1. The number of ether oxygens (including phenoxy) is 1. The van der Waals surface area contributed by atoms with Gasteiger partial charge in [0.15, 0.2) is 11.5 Å². The molecular formula is C25H37N7O4. The second-order valence-corrected chi connectivity index (χ2v) is 9.20. The fourth-order valence-corrected chi connectivity index (χ4v) is 3.95. The van der Waals surface area contributed by atoms with E-state index in [1.54, 1.807) is 4.57 Å². The molecular weight excluding hydrogens is 462 g/mol. The Morgan fingerprint density at radius 2 is 1.94 bits per heavy atom. The third-order valence-electron chi connectivity index (χ3n) is 5.83.